The van der Waals surface area contributed by atoms with Crippen LogP contribution < -0.4 is 0 Å². The van der Waals surface area contributed by atoms with Gasteiger partial charge in [-0.15, -0.1) is 0 Å². The molecule has 0 aliphatic carbocycles. The summed E-state index contributed by atoms with van der Waals surface area (Å²) in [5, 5.41) is 9.93. The van der Waals surface area contributed by atoms with Crippen molar-refractivity contribution in [2.75, 3.05) is 0 Å². The van der Waals surface area contributed by atoms with Crippen LogP contribution in [0.3, 0.4) is 0 Å². The Bertz CT molecular complexity index is 565. The molecule has 1 heteroatoms. The van der Waals surface area contributed by atoms with Gasteiger partial charge in [-0.05, 0) is 61.1 Å². The Balaban J connectivity index is 2.70. The van der Waals surface area contributed by atoms with Gasteiger partial charge in [0.05, 0.1) is 0 Å². The van der Waals surface area contributed by atoms with Crippen LogP contribution >= 0.6 is 0 Å². The van der Waals surface area contributed by atoms with Crippen molar-refractivity contribution in [1.82, 2.24) is 0 Å². The lowest BCUT2D eigenvalue weighted by Gasteiger charge is -2.16. The molecule has 0 saturated heterocycles. The number of aromatic hydroxyl groups is 1. The monoisotopic (exact) mass is 240 g/mol. The van der Waals surface area contributed by atoms with E-state index in [-0.39, 0.29) is 0 Å². The van der Waals surface area contributed by atoms with E-state index in [2.05, 4.69) is 45.0 Å². The van der Waals surface area contributed by atoms with Crippen molar-refractivity contribution in [3.8, 4) is 16.9 Å². The lowest BCUT2D eigenvalue weighted by molar-refractivity contribution is 0.470. The Kier molecular flexibility index (Phi) is 3.42. The molecule has 1 N–H and O–H groups in total. The molecule has 0 heterocycles. The molecule has 18 heavy (non-hydrogen) atoms. The van der Waals surface area contributed by atoms with Gasteiger partial charge < -0.3 is 5.11 Å². The molecule has 0 atom stereocenters. The smallest absolute Gasteiger partial charge is 0.119 e. The normalized spacial score (nSPS) is 10.7. The predicted molar refractivity (Wildman–Crippen MR) is 77.1 cm³/mol. The Morgan fingerprint density at radius 1 is 1.00 bits per heavy atom. The van der Waals surface area contributed by atoms with E-state index in [9.17, 15) is 5.11 Å². The summed E-state index contributed by atoms with van der Waals surface area (Å²) in [5.41, 5.74) is 7.16. The average Bonchev–Trinajstić information content (AvgIpc) is 2.35. The Labute approximate surface area is 109 Å². The van der Waals surface area contributed by atoms with Crippen LogP contribution in [-0.4, -0.2) is 5.11 Å². The summed E-state index contributed by atoms with van der Waals surface area (Å²) in [6.45, 7) is 8.29. The van der Waals surface area contributed by atoms with E-state index in [1.54, 1.807) is 0 Å². The number of hydrogen-bond donors (Lipinski definition) is 1. The van der Waals surface area contributed by atoms with Crippen LogP contribution in [0.15, 0.2) is 30.3 Å². The fraction of sp³-hybridized carbons (Fsp3) is 0.294. The van der Waals surface area contributed by atoms with Gasteiger partial charge in [-0.2, -0.15) is 0 Å². The maximum absolute atomic E-state index is 9.93. The molecule has 0 spiro atoms. The first-order valence-corrected chi connectivity index (χ1v) is 6.43. The third-order valence-electron chi connectivity index (χ3n) is 3.58. The van der Waals surface area contributed by atoms with Crippen molar-refractivity contribution in [3.05, 3.63) is 52.6 Å². The fourth-order valence-electron chi connectivity index (χ4n) is 2.53. The zero-order valence-corrected chi connectivity index (χ0v) is 11.5. The second-order valence-corrected chi connectivity index (χ2v) is 4.91. The predicted octanol–water partition coefficient (Wildman–Crippen LogP) is 4.55. The van der Waals surface area contributed by atoms with Crippen molar-refractivity contribution >= 4 is 0 Å². The summed E-state index contributed by atoms with van der Waals surface area (Å²) in [6, 6.07) is 10.5. The van der Waals surface area contributed by atoms with Crippen molar-refractivity contribution in [3.63, 3.8) is 0 Å². The second-order valence-electron chi connectivity index (χ2n) is 4.91. The van der Waals surface area contributed by atoms with Gasteiger partial charge in [0.15, 0.2) is 0 Å². The van der Waals surface area contributed by atoms with Crippen LogP contribution in [0.4, 0.5) is 0 Å². The molecular formula is C17H20O. The van der Waals surface area contributed by atoms with Crippen LogP contribution in [0.25, 0.3) is 11.1 Å². The molecule has 0 fully saturated rings. The van der Waals surface area contributed by atoms with Crippen molar-refractivity contribution in [2.45, 2.75) is 34.1 Å². The topological polar surface area (TPSA) is 20.2 Å². The molecule has 2 rings (SSSR count). The molecule has 0 saturated carbocycles. The molecule has 0 bridgehead atoms. The number of hydrogen-bond acceptors (Lipinski definition) is 1. The minimum absolute atomic E-state index is 0.403. The zero-order chi connectivity index (χ0) is 13.3. The lowest BCUT2D eigenvalue weighted by atomic mass is 9.89. The number of benzene rings is 2. The molecule has 94 valence electrons. The largest absolute Gasteiger partial charge is 0.508 e. The quantitative estimate of drug-likeness (QED) is 0.816. The van der Waals surface area contributed by atoms with Gasteiger partial charge in [0.2, 0.25) is 0 Å². The minimum atomic E-state index is 0.403. The molecule has 0 unspecified atom stereocenters. The minimum Gasteiger partial charge on any atom is -0.508 e. The summed E-state index contributed by atoms with van der Waals surface area (Å²) < 4.78 is 0. The van der Waals surface area contributed by atoms with Gasteiger partial charge in [-0.1, -0.05) is 36.8 Å². The van der Waals surface area contributed by atoms with E-state index >= 15 is 0 Å². The maximum atomic E-state index is 9.93. The number of rotatable bonds is 2. The Morgan fingerprint density at radius 2 is 1.61 bits per heavy atom. The van der Waals surface area contributed by atoms with E-state index in [4.69, 9.17) is 0 Å². The highest BCUT2D eigenvalue weighted by Crippen LogP contribution is 2.34. The molecule has 2 aromatic rings. The van der Waals surface area contributed by atoms with Gasteiger partial charge in [0, 0.05) is 0 Å². The van der Waals surface area contributed by atoms with Crippen molar-refractivity contribution in [2.24, 2.45) is 0 Å². The SMILES string of the molecule is CCc1c(C)c(O)cc(C)c1-c1ccc(C)cc1. The average molecular weight is 240 g/mol. The molecule has 2 aromatic carbocycles. The van der Waals surface area contributed by atoms with Crippen LogP contribution in [0.1, 0.15) is 29.2 Å². The Hall–Kier alpha value is -1.76. The highest BCUT2D eigenvalue weighted by molar-refractivity contribution is 5.74. The standard InChI is InChI=1S/C17H20O/c1-5-15-13(4)16(18)10-12(3)17(15)14-8-6-11(2)7-9-14/h6-10,18H,5H2,1-4H3. The summed E-state index contributed by atoms with van der Waals surface area (Å²) in [4.78, 5) is 0. The van der Waals surface area contributed by atoms with Gasteiger partial charge in [0.25, 0.3) is 0 Å². The maximum Gasteiger partial charge on any atom is 0.119 e. The molecule has 0 aliphatic heterocycles. The highest BCUT2D eigenvalue weighted by Gasteiger charge is 2.13. The molecule has 0 amide bonds. The third kappa shape index (κ3) is 2.13. The first kappa shape index (κ1) is 12.7. The first-order chi connectivity index (χ1) is 8.54. The van der Waals surface area contributed by atoms with Gasteiger partial charge in [-0.25, -0.2) is 0 Å². The van der Waals surface area contributed by atoms with Gasteiger partial charge in [-0.3, -0.25) is 0 Å². The van der Waals surface area contributed by atoms with Gasteiger partial charge >= 0.3 is 0 Å². The third-order valence-corrected chi connectivity index (χ3v) is 3.58. The van der Waals surface area contributed by atoms with Crippen molar-refractivity contribution < 1.29 is 5.11 Å². The van der Waals surface area contributed by atoms with E-state index in [0.29, 0.717) is 5.75 Å². The number of phenols is 1. The fourth-order valence-corrected chi connectivity index (χ4v) is 2.53. The summed E-state index contributed by atoms with van der Waals surface area (Å²) in [5.74, 6) is 0.403. The molecule has 0 aromatic heterocycles. The molecule has 0 aliphatic rings. The Morgan fingerprint density at radius 3 is 2.17 bits per heavy atom. The molecule has 0 radical (unpaired) electrons. The van der Waals surface area contributed by atoms with Crippen LogP contribution in [0, 0.1) is 20.8 Å². The van der Waals surface area contributed by atoms with Crippen LogP contribution in [-0.2, 0) is 6.42 Å². The zero-order valence-electron chi connectivity index (χ0n) is 11.5. The summed E-state index contributed by atoms with van der Waals surface area (Å²) in [7, 11) is 0. The summed E-state index contributed by atoms with van der Waals surface area (Å²) >= 11 is 0. The van der Waals surface area contributed by atoms with E-state index < -0.39 is 0 Å². The summed E-state index contributed by atoms with van der Waals surface area (Å²) in [6.07, 6.45) is 0.935. The van der Waals surface area contributed by atoms with Crippen LogP contribution in [0.5, 0.6) is 5.75 Å². The number of phenolic OH excluding ortho intramolecular Hbond substituents is 1. The van der Waals surface area contributed by atoms with Gasteiger partial charge in [0.1, 0.15) is 5.75 Å². The first-order valence-electron chi connectivity index (χ1n) is 6.43. The van der Waals surface area contributed by atoms with E-state index in [1.807, 2.05) is 13.0 Å². The van der Waals surface area contributed by atoms with E-state index in [0.717, 1.165) is 17.5 Å². The van der Waals surface area contributed by atoms with E-state index in [1.165, 1.54) is 22.3 Å². The second kappa shape index (κ2) is 4.85. The molecule has 1 nitrogen and oxygen atoms in total. The number of aryl methyl sites for hydroxylation is 2. The highest BCUT2D eigenvalue weighted by atomic mass is 16.3. The lowest BCUT2D eigenvalue weighted by Crippen LogP contribution is -1.96. The van der Waals surface area contributed by atoms with Crippen LogP contribution in [0.2, 0.25) is 0 Å². The molecular weight excluding hydrogens is 220 g/mol. The van der Waals surface area contributed by atoms with Crippen molar-refractivity contribution in [1.29, 1.82) is 0 Å².